The number of para-hydroxylation sites is 1. The molecule has 0 bridgehead atoms. The van der Waals surface area contributed by atoms with Gasteiger partial charge < -0.3 is 19.6 Å². The third kappa shape index (κ3) is 4.68. The highest BCUT2D eigenvalue weighted by atomic mass is 16.1. The molecule has 1 aromatic carbocycles. The number of aryl methyl sites for hydroxylation is 1. The van der Waals surface area contributed by atoms with Gasteiger partial charge >= 0.3 is 0 Å². The molecule has 2 aliphatic rings. The maximum Gasteiger partial charge on any atom is 0.252 e. The second-order valence-corrected chi connectivity index (χ2v) is 8.72. The van der Waals surface area contributed by atoms with Crippen LogP contribution in [0.5, 0.6) is 0 Å². The number of hydrogen-bond donors (Lipinski definition) is 1. The lowest BCUT2D eigenvalue weighted by Crippen LogP contribution is -2.47. The minimum Gasteiger partial charge on any atom is -0.368 e. The van der Waals surface area contributed by atoms with Crippen molar-refractivity contribution in [2.45, 2.75) is 6.92 Å². The molecule has 5 rings (SSSR count). The van der Waals surface area contributed by atoms with E-state index in [4.69, 9.17) is 9.97 Å². The molecule has 0 saturated carbocycles. The smallest absolute Gasteiger partial charge is 0.252 e. The lowest BCUT2D eigenvalue weighted by molar-refractivity contribution is 0.311. The number of hydrogen-bond acceptors (Lipinski definition) is 8. The van der Waals surface area contributed by atoms with Crippen LogP contribution in [0.4, 0.5) is 17.6 Å². The van der Waals surface area contributed by atoms with Gasteiger partial charge in [-0.3, -0.25) is 9.78 Å². The topological polar surface area (TPSA) is 84.5 Å². The van der Waals surface area contributed by atoms with E-state index < -0.39 is 0 Å². The van der Waals surface area contributed by atoms with Crippen LogP contribution in [0.2, 0.25) is 0 Å². The van der Waals surface area contributed by atoms with Crippen LogP contribution in [-0.4, -0.2) is 84.2 Å². The monoisotopic (exact) mass is 446 g/mol. The molecule has 2 aromatic heterocycles. The molecule has 2 aliphatic heterocycles. The van der Waals surface area contributed by atoms with E-state index in [0.717, 1.165) is 69.6 Å². The van der Waals surface area contributed by atoms with Gasteiger partial charge in [-0.25, -0.2) is 15.0 Å². The molecule has 33 heavy (non-hydrogen) atoms. The summed E-state index contributed by atoms with van der Waals surface area (Å²) < 4.78 is 0. The van der Waals surface area contributed by atoms with E-state index in [2.05, 4.69) is 60.9 Å². The normalized spacial score (nSPS) is 17.5. The summed E-state index contributed by atoms with van der Waals surface area (Å²) in [5, 5.41) is 0. The second kappa shape index (κ2) is 9.19. The maximum atomic E-state index is 12.5. The molecule has 4 heterocycles. The maximum absolute atomic E-state index is 12.5. The summed E-state index contributed by atoms with van der Waals surface area (Å²) in [5.74, 6) is 1.35. The lowest BCUT2D eigenvalue weighted by Gasteiger charge is -2.36. The molecule has 0 atom stereocenters. The molecular weight excluding hydrogens is 416 g/mol. The van der Waals surface area contributed by atoms with Crippen molar-refractivity contribution in [2.75, 3.05) is 74.1 Å². The van der Waals surface area contributed by atoms with Gasteiger partial charge in [0.2, 0.25) is 11.9 Å². The number of benzene rings is 1. The van der Waals surface area contributed by atoms with Gasteiger partial charge in [-0.2, -0.15) is 0 Å². The minimum atomic E-state index is -0.164. The predicted octanol–water partition coefficient (Wildman–Crippen LogP) is 1.61. The molecule has 2 fully saturated rings. The van der Waals surface area contributed by atoms with E-state index in [0.29, 0.717) is 11.6 Å². The molecule has 0 radical (unpaired) electrons. The van der Waals surface area contributed by atoms with Gasteiger partial charge in [-0.15, -0.1) is 0 Å². The summed E-state index contributed by atoms with van der Waals surface area (Å²) in [4.78, 5) is 38.5. The number of aromatic nitrogens is 4. The van der Waals surface area contributed by atoms with E-state index >= 15 is 0 Å². The Morgan fingerprint density at radius 3 is 2.21 bits per heavy atom. The van der Waals surface area contributed by atoms with Crippen molar-refractivity contribution in [3.63, 3.8) is 0 Å². The van der Waals surface area contributed by atoms with Crippen LogP contribution >= 0.6 is 0 Å². The van der Waals surface area contributed by atoms with E-state index in [1.54, 1.807) is 6.20 Å². The van der Waals surface area contributed by atoms with Crippen molar-refractivity contribution in [1.29, 1.82) is 0 Å². The third-order valence-electron chi connectivity index (χ3n) is 6.46. The Morgan fingerprint density at radius 2 is 1.52 bits per heavy atom. The molecule has 0 aliphatic carbocycles. The molecule has 0 spiro atoms. The molecule has 3 aromatic rings. The number of piperazine rings is 2. The molecule has 0 amide bonds. The fourth-order valence-electron chi connectivity index (χ4n) is 4.41. The molecule has 9 nitrogen and oxygen atoms in total. The van der Waals surface area contributed by atoms with Crippen LogP contribution in [-0.2, 0) is 0 Å². The van der Waals surface area contributed by atoms with Gasteiger partial charge in [-0.05, 0) is 26.1 Å². The molecular formula is C24H30N8O. The van der Waals surface area contributed by atoms with Crippen molar-refractivity contribution in [3.05, 3.63) is 58.6 Å². The van der Waals surface area contributed by atoms with Gasteiger partial charge in [0, 0.05) is 75.9 Å². The summed E-state index contributed by atoms with van der Waals surface area (Å²) >= 11 is 0. The largest absolute Gasteiger partial charge is 0.368 e. The first-order chi connectivity index (χ1) is 16.1. The van der Waals surface area contributed by atoms with E-state index in [9.17, 15) is 4.79 Å². The first-order valence-electron chi connectivity index (χ1n) is 11.5. The first kappa shape index (κ1) is 21.4. The lowest BCUT2D eigenvalue weighted by atomic mass is 10.1. The van der Waals surface area contributed by atoms with Crippen LogP contribution in [0.3, 0.4) is 0 Å². The van der Waals surface area contributed by atoms with Crippen LogP contribution in [0.1, 0.15) is 5.69 Å². The van der Waals surface area contributed by atoms with E-state index in [-0.39, 0.29) is 5.56 Å². The molecule has 9 heteroatoms. The molecule has 172 valence electrons. The van der Waals surface area contributed by atoms with Crippen molar-refractivity contribution < 1.29 is 0 Å². The van der Waals surface area contributed by atoms with E-state index in [1.165, 1.54) is 11.8 Å². The van der Waals surface area contributed by atoms with Gasteiger partial charge in [0.15, 0.2) is 0 Å². The van der Waals surface area contributed by atoms with Gasteiger partial charge in [0.05, 0.1) is 11.4 Å². The summed E-state index contributed by atoms with van der Waals surface area (Å²) in [6.07, 6.45) is 1.80. The summed E-state index contributed by atoms with van der Waals surface area (Å²) in [6.45, 7) is 9.12. The minimum absolute atomic E-state index is 0.164. The number of aromatic amines is 1. The highest BCUT2D eigenvalue weighted by Gasteiger charge is 2.21. The Hall–Kier alpha value is -3.46. The zero-order valence-electron chi connectivity index (χ0n) is 19.2. The fraction of sp³-hybridized carbons (Fsp3) is 0.417. The number of rotatable bonds is 4. The van der Waals surface area contributed by atoms with Crippen LogP contribution in [0.25, 0.3) is 11.3 Å². The zero-order valence-corrected chi connectivity index (χ0v) is 19.2. The Balaban J connectivity index is 1.33. The SMILES string of the molecule is Cc1nc(N2CCN(C)CC2)ncc1-c1cc(=O)[nH]c(N2CCN(c3ccccc3)CC2)n1. The Morgan fingerprint density at radius 1 is 0.848 bits per heavy atom. The molecule has 2 saturated heterocycles. The summed E-state index contributed by atoms with van der Waals surface area (Å²) in [6, 6.07) is 11.9. The third-order valence-corrected chi connectivity index (χ3v) is 6.46. The number of nitrogens with zero attached hydrogens (tertiary/aromatic N) is 7. The van der Waals surface area contributed by atoms with Crippen LogP contribution < -0.4 is 20.3 Å². The molecule has 0 unspecified atom stereocenters. The Labute approximate surface area is 193 Å². The van der Waals surface area contributed by atoms with Gasteiger partial charge in [-0.1, -0.05) is 18.2 Å². The van der Waals surface area contributed by atoms with Crippen molar-refractivity contribution >= 4 is 17.6 Å². The van der Waals surface area contributed by atoms with Gasteiger partial charge in [0.1, 0.15) is 0 Å². The number of likely N-dealkylation sites (N-methyl/N-ethyl adjacent to an activating group) is 1. The average Bonchev–Trinajstić information content (AvgIpc) is 2.85. The Bertz CT molecular complexity index is 1150. The molecule has 1 N–H and O–H groups in total. The van der Waals surface area contributed by atoms with Gasteiger partial charge in [0.25, 0.3) is 5.56 Å². The first-order valence-corrected chi connectivity index (χ1v) is 11.5. The standard InChI is InChI=1S/C24H30N8O/c1-18-20(17-25-23(26-18)31-10-8-29(2)9-11-31)21-16-22(33)28-24(27-21)32-14-12-30(13-15-32)19-6-4-3-5-7-19/h3-7,16-17H,8-15H2,1-2H3,(H,27,28,33). The second-order valence-electron chi connectivity index (χ2n) is 8.72. The fourth-order valence-corrected chi connectivity index (χ4v) is 4.41. The highest BCUT2D eigenvalue weighted by molar-refractivity contribution is 5.63. The van der Waals surface area contributed by atoms with Crippen molar-refractivity contribution in [1.82, 2.24) is 24.8 Å². The van der Waals surface area contributed by atoms with Crippen molar-refractivity contribution in [2.24, 2.45) is 0 Å². The predicted molar refractivity (Wildman–Crippen MR) is 131 cm³/mol. The highest BCUT2D eigenvalue weighted by Crippen LogP contribution is 2.23. The quantitative estimate of drug-likeness (QED) is 0.647. The van der Waals surface area contributed by atoms with Crippen molar-refractivity contribution in [3.8, 4) is 11.3 Å². The van der Waals surface area contributed by atoms with Crippen LogP contribution in [0.15, 0.2) is 47.4 Å². The van der Waals surface area contributed by atoms with E-state index in [1.807, 2.05) is 13.0 Å². The van der Waals surface area contributed by atoms with Crippen LogP contribution in [0, 0.1) is 6.92 Å². The number of nitrogens with one attached hydrogen (secondary N) is 1. The summed E-state index contributed by atoms with van der Waals surface area (Å²) in [7, 11) is 2.13. The summed E-state index contributed by atoms with van der Waals surface area (Å²) in [5.41, 5.74) is 3.30. The number of H-pyrrole nitrogens is 1. The zero-order chi connectivity index (χ0) is 22.8. The average molecular weight is 447 g/mol. The number of anilines is 3. The Kier molecular flexibility index (Phi) is 5.95.